The number of hydrogen-bond donors (Lipinski definition) is 1. The number of Topliss-reactive ketones (excluding diaryl/α,β-unsaturated/α-hetero) is 1. The van der Waals surface area contributed by atoms with Gasteiger partial charge in [0.25, 0.3) is 0 Å². The van der Waals surface area contributed by atoms with Gasteiger partial charge in [0.05, 0.1) is 17.4 Å². The van der Waals surface area contributed by atoms with E-state index in [0.29, 0.717) is 0 Å². The molecule has 1 aliphatic heterocycles. The van der Waals surface area contributed by atoms with Gasteiger partial charge < -0.3 is 9.88 Å². The van der Waals surface area contributed by atoms with Crippen LogP contribution in [0.2, 0.25) is 0 Å². The molecule has 4 heteroatoms. The van der Waals surface area contributed by atoms with Gasteiger partial charge in [-0.1, -0.05) is 0 Å². The highest BCUT2D eigenvalue weighted by molar-refractivity contribution is 6.01. The van der Waals surface area contributed by atoms with Crippen LogP contribution in [0.15, 0.2) is 24.5 Å². The first-order valence-electron chi connectivity index (χ1n) is 5.42. The molecule has 0 atom stereocenters. The maximum atomic E-state index is 12.0. The Hall–Kier alpha value is -1.68. The number of carbonyl (C=O) groups is 1. The molecule has 0 amide bonds. The molecule has 0 aliphatic carbocycles. The number of aromatic nitrogens is 2. The van der Waals surface area contributed by atoms with Crippen molar-refractivity contribution in [1.29, 1.82) is 0 Å². The number of nitrogens with one attached hydrogen (secondary N) is 1. The van der Waals surface area contributed by atoms with Crippen molar-refractivity contribution in [2.24, 2.45) is 13.0 Å². The van der Waals surface area contributed by atoms with Crippen molar-refractivity contribution in [3.05, 3.63) is 30.1 Å². The van der Waals surface area contributed by atoms with Gasteiger partial charge in [0, 0.05) is 31.6 Å². The van der Waals surface area contributed by atoms with E-state index in [1.807, 2.05) is 29.8 Å². The highest BCUT2D eigenvalue weighted by atomic mass is 16.1. The Balaban J connectivity index is 2.01. The van der Waals surface area contributed by atoms with Crippen molar-refractivity contribution in [3.8, 4) is 0 Å². The van der Waals surface area contributed by atoms with E-state index >= 15 is 0 Å². The lowest BCUT2D eigenvalue weighted by Crippen LogP contribution is -2.46. The lowest BCUT2D eigenvalue weighted by molar-refractivity contribution is 0.0878. The second-order valence-electron chi connectivity index (χ2n) is 4.28. The third-order valence-electron chi connectivity index (χ3n) is 3.16. The Morgan fingerprint density at radius 3 is 3.00 bits per heavy atom. The van der Waals surface area contributed by atoms with Gasteiger partial charge in [-0.25, -0.2) is 4.98 Å². The highest BCUT2D eigenvalue weighted by Crippen LogP contribution is 2.18. The third-order valence-corrected chi connectivity index (χ3v) is 3.16. The van der Waals surface area contributed by atoms with Crippen LogP contribution in [0, 0.1) is 5.92 Å². The van der Waals surface area contributed by atoms with Gasteiger partial charge in [0.2, 0.25) is 0 Å². The molecule has 0 radical (unpaired) electrons. The molecule has 0 saturated carbocycles. The summed E-state index contributed by atoms with van der Waals surface area (Å²) in [5, 5.41) is 3.11. The molecule has 0 spiro atoms. The Labute approximate surface area is 93.3 Å². The van der Waals surface area contributed by atoms with Gasteiger partial charge >= 0.3 is 0 Å². The van der Waals surface area contributed by atoms with Gasteiger partial charge in [0.1, 0.15) is 0 Å². The minimum atomic E-state index is 0.154. The monoisotopic (exact) mass is 215 g/mol. The highest BCUT2D eigenvalue weighted by Gasteiger charge is 2.25. The number of aryl methyl sites for hydroxylation is 1. The molecular weight excluding hydrogens is 202 g/mol. The van der Waals surface area contributed by atoms with E-state index in [9.17, 15) is 4.79 Å². The number of fused-ring (bicyclic) bond motifs is 1. The summed E-state index contributed by atoms with van der Waals surface area (Å²) in [4.78, 5) is 16.3. The minimum Gasteiger partial charge on any atom is -0.334 e. The van der Waals surface area contributed by atoms with Gasteiger partial charge in [-0.05, 0) is 18.2 Å². The maximum Gasteiger partial charge on any atom is 0.168 e. The van der Waals surface area contributed by atoms with E-state index < -0.39 is 0 Å². The van der Waals surface area contributed by atoms with Gasteiger partial charge in [-0.2, -0.15) is 0 Å². The number of benzene rings is 1. The molecule has 2 heterocycles. The minimum absolute atomic E-state index is 0.154. The summed E-state index contributed by atoms with van der Waals surface area (Å²) in [5.74, 6) is 0.382. The zero-order valence-corrected chi connectivity index (χ0v) is 9.10. The molecular formula is C12H13N3O. The summed E-state index contributed by atoms with van der Waals surface area (Å²) >= 11 is 0. The number of rotatable bonds is 2. The average molecular weight is 215 g/mol. The molecule has 0 unspecified atom stereocenters. The summed E-state index contributed by atoms with van der Waals surface area (Å²) in [5.41, 5.74) is 2.72. The lowest BCUT2D eigenvalue weighted by atomic mass is 9.93. The van der Waals surface area contributed by atoms with Crippen LogP contribution in [0.4, 0.5) is 0 Å². The van der Waals surface area contributed by atoms with Crippen LogP contribution in [0.3, 0.4) is 0 Å². The fraction of sp³-hybridized carbons (Fsp3) is 0.333. The van der Waals surface area contributed by atoms with E-state index in [1.165, 1.54) is 0 Å². The molecule has 1 aromatic heterocycles. The summed E-state index contributed by atoms with van der Waals surface area (Å²) in [6, 6.07) is 5.74. The van der Waals surface area contributed by atoms with Crippen molar-refractivity contribution < 1.29 is 4.79 Å². The van der Waals surface area contributed by atoms with E-state index in [-0.39, 0.29) is 11.7 Å². The lowest BCUT2D eigenvalue weighted by Gasteiger charge is -2.25. The molecule has 82 valence electrons. The molecule has 4 nitrogen and oxygen atoms in total. The summed E-state index contributed by atoms with van der Waals surface area (Å²) in [7, 11) is 1.95. The molecule has 1 aromatic carbocycles. The predicted molar refractivity (Wildman–Crippen MR) is 61.4 cm³/mol. The van der Waals surface area contributed by atoms with Crippen LogP contribution in [0.25, 0.3) is 11.0 Å². The first-order chi connectivity index (χ1) is 7.75. The molecule has 3 rings (SSSR count). The van der Waals surface area contributed by atoms with Crippen LogP contribution >= 0.6 is 0 Å². The van der Waals surface area contributed by atoms with Gasteiger partial charge in [-0.15, -0.1) is 0 Å². The topological polar surface area (TPSA) is 46.9 Å². The van der Waals surface area contributed by atoms with Crippen molar-refractivity contribution in [2.45, 2.75) is 0 Å². The number of imidazole rings is 1. The van der Waals surface area contributed by atoms with Crippen LogP contribution in [-0.2, 0) is 7.05 Å². The number of ketones is 1. The molecule has 0 bridgehead atoms. The first kappa shape index (κ1) is 9.54. The van der Waals surface area contributed by atoms with E-state index in [1.54, 1.807) is 6.33 Å². The van der Waals surface area contributed by atoms with Crippen LogP contribution in [0.5, 0.6) is 0 Å². The number of hydrogen-bond acceptors (Lipinski definition) is 3. The van der Waals surface area contributed by atoms with Crippen LogP contribution < -0.4 is 5.32 Å². The molecule has 1 N–H and O–H groups in total. The van der Waals surface area contributed by atoms with E-state index in [0.717, 1.165) is 29.7 Å². The quantitative estimate of drug-likeness (QED) is 0.759. The second-order valence-corrected chi connectivity index (χ2v) is 4.28. The third kappa shape index (κ3) is 1.34. The molecule has 1 aliphatic rings. The first-order valence-corrected chi connectivity index (χ1v) is 5.42. The van der Waals surface area contributed by atoms with Crippen LogP contribution in [0.1, 0.15) is 10.4 Å². The van der Waals surface area contributed by atoms with E-state index in [4.69, 9.17) is 0 Å². The SMILES string of the molecule is Cn1cnc2cc(C(=O)C3CNC3)ccc21. The molecule has 1 fully saturated rings. The number of nitrogens with zero attached hydrogens (tertiary/aromatic N) is 2. The number of carbonyl (C=O) groups excluding carboxylic acids is 1. The van der Waals surface area contributed by atoms with E-state index in [2.05, 4.69) is 10.3 Å². The smallest absolute Gasteiger partial charge is 0.168 e. The fourth-order valence-corrected chi connectivity index (χ4v) is 2.00. The van der Waals surface area contributed by atoms with Crippen molar-refractivity contribution in [3.63, 3.8) is 0 Å². The van der Waals surface area contributed by atoms with Gasteiger partial charge in [-0.3, -0.25) is 4.79 Å². The predicted octanol–water partition coefficient (Wildman–Crippen LogP) is 0.975. The average Bonchev–Trinajstić information content (AvgIpc) is 2.57. The second kappa shape index (κ2) is 3.42. The fourth-order valence-electron chi connectivity index (χ4n) is 2.00. The Kier molecular flexibility index (Phi) is 2.04. The van der Waals surface area contributed by atoms with Crippen molar-refractivity contribution in [1.82, 2.24) is 14.9 Å². The summed E-state index contributed by atoms with van der Waals surface area (Å²) in [6.45, 7) is 1.61. The van der Waals surface area contributed by atoms with Gasteiger partial charge in [0.15, 0.2) is 5.78 Å². The Morgan fingerprint density at radius 2 is 2.31 bits per heavy atom. The zero-order valence-electron chi connectivity index (χ0n) is 9.10. The molecule has 2 aromatic rings. The van der Waals surface area contributed by atoms with Crippen LogP contribution in [-0.4, -0.2) is 28.4 Å². The van der Waals surface area contributed by atoms with Crippen molar-refractivity contribution >= 4 is 16.8 Å². The largest absolute Gasteiger partial charge is 0.334 e. The maximum absolute atomic E-state index is 12.0. The standard InChI is InChI=1S/C12H13N3O/c1-15-7-14-10-4-8(2-3-11(10)15)12(16)9-5-13-6-9/h2-4,7,9,13H,5-6H2,1H3. The zero-order chi connectivity index (χ0) is 11.1. The van der Waals surface area contributed by atoms with Crippen molar-refractivity contribution in [2.75, 3.05) is 13.1 Å². The summed E-state index contributed by atoms with van der Waals surface area (Å²) < 4.78 is 1.95. The summed E-state index contributed by atoms with van der Waals surface area (Å²) in [6.07, 6.45) is 1.77. The normalized spacial score (nSPS) is 16.3. The Morgan fingerprint density at radius 1 is 1.50 bits per heavy atom. The molecule has 16 heavy (non-hydrogen) atoms. The molecule has 1 saturated heterocycles. The Bertz CT molecular complexity index is 554.